The summed E-state index contributed by atoms with van der Waals surface area (Å²) in [5.74, 6) is 0. The van der Waals surface area contributed by atoms with Gasteiger partial charge in [0.05, 0.1) is 19.3 Å². The van der Waals surface area contributed by atoms with Gasteiger partial charge in [-0.25, -0.2) is 0 Å². The lowest BCUT2D eigenvalue weighted by atomic mass is 10.2. The molecule has 1 rings (SSSR count). The molecule has 1 atom stereocenters. The predicted octanol–water partition coefficient (Wildman–Crippen LogP) is 3.13. The Kier molecular flexibility index (Phi) is 12.5. The number of nitrogens with zero attached hydrogens (tertiary/aromatic N) is 2. The van der Waals surface area contributed by atoms with E-state index in [0.29, 0.717) is 19.8 Å². The molecule has 0 saturated carbocycles. The molecule has 6 nitrogen and oxygen atoms in total. The summed E-state index contributed by atoms with van der Waals surface area (Å²) in [5.41, 5.74) is 0. The molecule has 1 heterocycles. The van der Waals surface area contributed by atoms with Crippen molar-refractivity contribution in [2.45, 2.75) is 76.5 Å². The van der Waals surface area contributed by atoms with Crippen LogP contribution >= 0.6 is 0 Å². The van der Waals surface area contributed by atoms with E-state index in [4.69, 9.17) is 14.0 Å². The highest BCUT2D eigenvalue weighted by atomic mass is 28.4. The van der Waals surface area contributed by atoms with Crippen molar-refractivity contribution in [3.05, 3.63) is 0 Å². The van der Waals surface area contributed by atoms with Crippen LogP contribution in [0.2, 0.25) is 64.0 Å². The molecule has 0 spiro atoms. The molecule has 0 aromatic carbocycles. The van der Waals surface area contributed by atoms with Crippen molar-refractivity contribution < 1.29 is 19.1 Å². The van der Waals surface area contributed by atoms with Crippen LogP contribution in [0.5, 0.6) is 0 Å². The van der Waals surface area contributed by atoms with E-state index in [1.807, 2.05) is 0 Å². The number of rotatable bonds is 15. The Hall–Kier alpha value is 0.411. The third kappa shape index (κ3) is 13.7. The topological polar surface area (TPSA) is 65.4 Å². The van der Waals surface area contributed by atoms with Crippen LogP contribution in [0.15, 0.2) is 0 Å². The zero-order chi connectivity index (χ0) is 22.8. The second kappa shape index (κ2) is 13.2. The summed E-state index contributed by atoms with van der Waals surface area (Å²) < 4.78 is 12.5. The molecule has 9 heteroatoms. The van der Waals surface area contributed by atoms with Crippen LogP contribution in [0.25, 0.3) is 0 Å². The third-order valence-corrected chi connectivity index (χ3v) is 15.4. The number of hydrogen-bond donors (Lipinski definition) is 2. The molecule has 1 saturated heterocycles. The fourth-order valence-corrected chi connectivity index (χ4v) is 17.2. The Balaban J connectivity index is 2.17. The van der Waals surface area contributed by atoms with Gasteiger partial charge in [0.1, 0.15) is 0 Å². The van der Waals surface area contributed by atoms with Gasteiger partial charge in [0.15, 0.2) is 16.6 Å². The number of aliphatic hydroxyl groups excluding tert-OH is 2. The monoisotopic (exact) mass is 478 g/mol. The molecule has 0 aromatic rings. The maximum absolute atomic E-state index is 10.3. The van der Waals surface area contributed by atoms with E-state index in [2.05, 4.69) is 55.6 Å². The quantitative estimate of drug-likeness (QED) is 0.278. The standard InChI is InChI=1S/C21H50N2O4Si3/c1-28(2,3)17-18-30(6,7)27-29(4,5)16-8-15-26-20-21(25)19-23-11-9-22(10-12-23)13-14-24/h21,24-25H,8-20H2,1-7H3. The van der Waals surface area contributed by atoms with Gasteiger partial charge in [-0.05, 0) is 44.7 Å². The summed E-state index contributed by atoms with van der Waals surface area (Å²) in [7, 11) is -4.24. The van der Waals surface area contributed by atoms with Crippen LogP contribution in [-0.2, 0) is 8.85 Å². The normalized spacial score (nSPS) is 18.7. The van der Waals surface area contributed by atoms with Gasteiger partial charge in [0.2, 0.25) is 0 Å². The first-order valence-electron chi connectivity index (χ1n) is 11.8. The van der Waals surface area contributed by atoms with E-state index in [1.165, 1.54) is 12.1 Å². The Morgan fingerprint density at radius 3 is 1.97 bits per heavy atom. The van der Waals surface area contributed by atoms with Crippen molar-refractivity contribution in [1.29, 1.82) is 0 Å². The molecule has 0 aliphatic carbocycles. The first-order valence-corrected chi connectivity index (χ1v) is 21.8. The van der Waals surface area contributed by atoms with Gasteiger partial charge in [0.25, 0.3) is 0 Å². The minimum atomic E-state index is -1.66. The highest BCUT2D eigenvalue weighted by Crippen LogP contribution is 2.26. The average Bonchev–Trinajstić information content (AvgIpc) is 2.60. The minimum absolute atomic E-state index is 0.222. The van der Waals surface area contributed by atoms with Gasteiger partial charge in [-0.1, -0.05) is 25.7 Å². The Bertz CT molecular complexity index is 468. The number of β-amino-alcohol motifs (C(OH)–C–C–N with tert-alkyl or cyclic N) is 2. The lowest BCUT2D eigenvalue weighted by Gasteiger charge is -2.35. The van der Waals surface area contributed by atoms with E-state index >= 15 is 0 Å². The van der Waals surface area contributed by atoms with Gasteiger partial charge in [-0.3, -0.25) is 9.80 Å². The smallest absolute Gasteiger partial charge is 0.173 e. The summed E-state index contributed by atoms with van der Waals surface area (Å²) in [6.07, 6.45) is 0.591. The van der Waals surface area contributed by atoms with Crippen LogP contribution in [0.4, 0.5) is 0 Å². The zero-order valence-electron chi connectivity index (χ0n) is 20.9. The summed E-state index contributed by atoms with van der Waals surface area (Å²) >= 11 is 0. The SMILES string of the molecule is C[Si](C)(C)CC[Si](C)(C)O[Si](C)(C)CCCOCC(O)CN1CCN(CCO)CC1. The molecular weight excluding hydrogens is 428 g/mol. The summed E-state index contributed by atoms with van der Waals surface area (Å²) in [5, 5.41) is 19.3. The van der Waals surface area contributed by atoms with Gasteiger partial charge in [-0.2, -0.15) is 0 Å². The van der Waals surface area contributed by atoms with Gasteiger partial charge in [-0.15, -0.1) is 0 Å². The summed E-state index contributed by atoms with van der Waals surface area (Å²) in [6.45, 7) is 23.4. The lowest BCUT2D eigenvalue weighted by molar-refractivity contribution is 0.00617. The Morgan fingerprint density at radius 2 is 1.40 bits per heavy atom. The number of hydrogen-bond acceptors (Lipinski definition) is 6. The van der Waals surface area contributed by atoms with Gasteiger partial charge >= 0.3 is 0 Å². The lowest BCUT2D eigenvalue weighted by Crippen LogP contribution is -2.49. The highest BCUT2D eigenvalue weighted by molar-refractivity contribution is 6.86. The largest absolute Gasteiger partial charge is 0.456 e. The van der Waals surface area contributed by atoms with Crippen LogP contribution < -0.4 is 0 Å². The van der Waals surface area contributed by atoms with Crippen LogP contribution in [0.1, 0.15) is 6.42 Å². The molecule has 30 heavy (non-hydrogen) atoms. The number of aliphatic hydroxyl groups is 2. The first kappa shape index (κ1) is 28.4. The third-order valence-electron chi connectivity index (χ3n) is 5.76. The molecule has 1 aliphatic rings. The van der Waals surface area contributed by atoms with Crippen molar-refractivity contribution in [2.24, 2.45) is 0 Å². The number of piperazine rings is 1. The van der Waals surface area contributed by atoms with Crippen LogP contribution in [0.3, 0.4) is 0 Å². The molecule has 1 aliphatic heterocycles. The van der Waals surface area contributed by atoms with E-state index in [1.54, 1.807) is 0 Å². The number of ether oxygens (including phenoxy) is 1. The summed E-state index contributed by atoms with van der Waals surface area (Å²) in [6, 6.07) is 3.78. The Labute approximate surface area is 189 Å². The molecule has 0 bridgehead atoms. The molecule has 1 fully saturated rings. The van der Waals surface area contributed by atoms with Crippen molar-refractivity contribution in [2.75, 3.05) is 59.1 Å². The predicted molar refractivity (Wildman–Crippen MR) is 135 cm³/mol. The van der Waals surface area contributed by atoms with E-state index in [0.717, 1.165) is 45.2 Å². The maximum Gasteiger partial charge on any atom is 0.173 e. The molecule has 1 unspecified atom stereocenters. The molecule has 180 valence electrons. The van der Waals surface area contributed by atoms with Gasteiger partial charge < -0.3 is 19.1 Å². The first-order chi connectivity index (χ1) is 13.8. The van der Waals surface area contributed by atoms with Crippen LogP contribution in [-0.4, -0.2) is 110 Å². The molecule has 2 N–H and O–H groups in total. The molecule has 0 radical (unpaired) electrons. The molecular formula is C21H50N2O4Si3. The van der Waals surface area contributed by atoms with Crippen molar-refractivity contribution >= 4 is 24.7 Å². The fourth-order valence-electron chi connectivity index (χ4n) is 4.03. The highest BCUT2D eigenvalue weighted by Gasteiger charge is 2.33. The van der Waals surface area contributed by atoms with Crippen LogP contribution in [0, 0.1) is 0 Å². The average molecular weight is 479 g/mol. The second-order valence-corrected chi connectivity index (χ2v) is 25.9. The van der Waals surface area contributed by atoms with Crippen molar-refractivity contribution in [3.8, 4) is 0 Å². The van der Waals surface area contributed by atoms with Gasteiger partial charge in [0, 0.05) is 53.9 Å². The Morgan fingerprint density at radius 1 is 0.833 bits per heavy atom. The molecule has 0 aromatic heterocycles. The fraction of sp³-hybridized carbons (Fsp3) is 1.00. The molecule has 0 amide bonds. The van der Waals surface area contributed by atoms with Crippen molar-refractivity contribution in [1.82, 2.24) is 9.80 Å². The van der Waals surface area contributed by atoms with E-state index in [9.17, 15) is 5.11 Å². The maximum atomic E-state index is 10.3. The minimum Gasteiger partial charge on any atom is -0.456 e. The summed E-state index contributed by atoms with van der Waals surface area (Å²) in [4.78, 5) is 4.56. The second-order valence-electron chi connectivity index (χ2n) is 11.4. The van der Waals surface area contributed by atoms with Crippen molar-refractivity contribution in [3.63, 3.8) is 0 Å². The van der Waals surface area contributed by atoms with E-state index in [-0.39, 0.29) is 6.61 Å². The van der Waals surface area contributed by atoms with E-state index < -0.39 is 30.8 Å². The zero-order valence-corrected chi connectivity index (χ0v) is 23.9.